The summed E-state index contributed by atoms with van der Waals surface area (Å²) < 4.78 is 0. The molecule has 2 rings (SSSR count). The molecule has 2 N–H and O–H groups in total. The lowest BCUT2D eigenvalue weighted by Gasteiger charge is -2.27. The SMILES string of the molecule is O=C(CC1(CS)CC1)NCC(=O)N1CCNCC1. The molecule has 0 aromatic rings. The third kappa shape index (κ3) is 3.62. The maximum Gasteiger partial charge on any atom is 0.242 e. The minimum absolute atomic E-state index is 0.0144. The van der Waals surface area contributed by atoms with Crippen LogP contribution in [-0.4, -0.2) is 55.2 Å². The maximum absolute atomic E-state index is 11.8. The predicted octanol–water partition coefficient (Wildman–Crippen LogP) is -0.365. The van der Waals surface area contributed by atoms with Gasteiger partial charge in [0, 0.05) is 32.6 Å². The molecule has 0 aromatic heterocycles. The van der Waals surface area contributed by atoms with E-state index in [1.807, 2.05) is 0 Å². The second-order valence-electron chi connectivity index (χ2n) is 5.24. The molecular weight excluding hydrogens is 250 g/mol. The molecule has 1 heterocycles. The van der Waals surface area contributed by atoms with Gasteiger partial charge >= 0.3 is 0 Å². The van der Waals surface area contributed by atoms with E-state index in [1.54, 1.807) is 4.90 Å². The van der Waals surface area contributed by atoms with Crippen LogP contribution in [0.25, 0.3) is 0 Å². The van der Waals surface area contributed by atoms with Crippen LogP contribution in [0.1, 0.15) is 19.3 Å². The fraction of sp³-hybridized carbons (Fsp3) is 0.833. The molecule has 0 atom stereocenters. The number of carbonyl (C=O) groups is 2. The van der Waals surface area contributed by atoms with Crippen molar-refractivity contribution in [1.29, 1.82) is 0 Å². The van der Waals surface area contributed by atoms with Crippen molar-refractivity contribution in [3.8, 4) is 0 Å². The summed E-state index contributed by atoms with van der Waals surface area (Å²) in [5, 5.41) is 5.92. The largest absolute Gasteiger partial charge is 0.347 e. The van der Waals surface area contributed by atoms with E-state index in [2.05, 4.69) is 23.3 Å². The van der Waals surface area contributed by atoms with Crippen molar-refractivity contribution in [2.24, 2.45) is 5.41 Å². The normalized spacial score (nSPS) is 21.5. The zero-order chi connectivity index (χ0) is 13.0. The maximum atomic E-state index is 11.8. The molecule has 1 aliphatic heterocycles. The molecular formula is C12H21N3O2S. The van der Waals surface area contributed by atoms with Gasteiger partial charge in [-0.1, -0.05) is 0 Å². The number of hydrogen-bond donors (Lipinski definition) is 3. The lowest BCUT2D eigenvalue weighted by molar-refractivity contribution is -0.133. The van der Waals surface area contributed by atoms with E-state index < -0.39 is 0 Å². The van der Waals surface area contributed by atoms with Gasteiger partial charge < -0.3 is 15.5 Å². The van der Waals surface area contributed by atoms with Gasteiger partial charge in [0.1, 0.15) is 0 Å². The van der Waals surface area contributed by atoms with Gasteiger partial charge in [-0.15, -0.1) is 0 Å². The molecule has 6 heteroatoms. The molecule has 18 heavy (non-hydrogen) atoms. The van der Waals surface area contributed by atoms with Crippen molar-refractivity contribution >= 4 is 24.4 Å². The Balaban J connectivity index is 1.67. The van der Waals surface area contributed by atoms with Crippen LogP contribution in [0.3, 0.4) is 0 Å². The van der Waals surface area contributed by atoms with Crippen molar-refractivity contribution < 1.29 is 9.59 Å². The summed E-state index contributed by atoms with van der Waals surface area (Å²) in [4.78, 5) is 25.3. The fourth-order valence-corrected chi connectivity index (χ4v) is 2.60. The monoisotopic (exact) mass is 271 g/mol. The highest BCUT2D eigenvalue weighted by Gasteiger charge is 2.42. The van der Waals surface area contributed by atoms with E-state index in [4.69, 9.17) is 0 Å². The van der Waals surface area contributed by atoms with Crippen molar-refractivity contribution in [3.05, 3.63) is 0 Å². The quantitative estimate of drug-likeness (QED) is 0.598. The van der Waals surface area contributed by atoms with E-state index in [0.717, 1.165) is 44.8 Å². The first-order valence-electron chi connectivity index (χ1n) is 6.51. The Labute approximate surface area is 113 Å². The van der Waals surface area contributed by atoms with E-state index in [0.29, 0.717) is 6.42 Å². The predicted molar refractivity (Wildman–Crippen MR) is 72.6 cm³/mol. The minimum atomic E-state index is -0.0231. The third-order valence-electron chi connectivity index (χ3n) is 3.73. The van der Waals surface area contributed by atoms with Crippen LogP contribution >= 0.6 is 12.6 Å². The van der Waals surface area contributed by atoms with Gasteiger partial charge in [0.2, 0.25) is 11.8 Å². The first-order chi connectivity index (χ1) is 8.65. The minimum Gasteiger partial charge on any atom is -0.347 e. The molecule has 1 aliphatic carbocycles. The molecule has 0 unspecified atom stereocenters. The lowest BCUT2D eigenvalue weighted by Crippen LogP contribution is -2.49. The van der Waals surface area contributed by atoms with Gasteiger partial charge in [-0.2, -0.15) is 12.6 Å². The molecule has 2 aliphatic rings. The highest BCUT2D eigenvalue weighted by Crippen LogP contribution is 2.49. The summed E-state index contributed by atoms with van der Waals surface area (Å²) in [5.74, 6) is 0.747. The molecule has 2 amide bonds. The van der Waals surface area contributed by atoms with Crippen LogP contribution in [-0.2, 0) is 9.59 Å². The van der Waals surface area contributed by atoms with Gasteiger partial charge in [0.05, 0.1) is 6.54 Å². The van der Waals surface area contributed by atoms with Gasteiger partial charge in [-0.3, -0.25) is 9.59 Å². The smallest absolute Gasteiger partial charge is 0.242 e. The number of nitrogens with one attached hydrogen (secondary N) is 2. The van der Waals surface area contributed by atoms with E-state index >= 15 is 0 Å². The third-order valence-corrected chi connectivity index (χ3v) is 4.41. The Bertz CT molecular complexity index is 325. The van der Waals surface area contributed by atoms with Crippen molar-refractivity contribution in [2.45, 2.75) is 19.3 Å². The Morgan fingerprint density at radius 3 is 2.50 bits per heavy atom. The van der Waals surface area contributed by atoms with Crippen LogP contribution in [0.5, 0.6) is 0 Å². The van der Waals surface area contributed by atoms with E-state index in [1.165, 1.54) is 0 Å². The van der Waals surface area contributed by atoms with Gasteiger partial charge in [0.15, 0.2) is 0 Å². The fourth-order valence-electron chi connectivity index (χ4n) is 2.17. The van der Waals surface area contributed by atoms with E-state index in [-0.39, 0.29) is 23.8 Å². The van der Waals surface area contributed by atoms with Crippen molar-refractivity contribution in [1.82, 2.24) is 15.5 Å². The number of carbonyl (C=O) groups excluding carboxylic acids is 2. The van der Waals surface area contributed by atoms with Crippen molar-refractivity contribution in [2.75, 3.05) is 38.5 Å². The molecule has 1 saturated carbocycles. The molecule has 0 radical (unpaired) electrons. The number of piperazine rings is 1. The Morgan fingerprint density at radius 1 is 1.28 bits per heavy atom. The first kappa shape index (κ1) is 13.7. The Hall–Kier alpha value is -0.750. The molecule has 1 saturated heterocycles. The summed E-state index contributed by atoms with van der Waals surface area (Å²) in [7, 11) is 0. The van der Waals surface area contributed by atoms with Crippen LogP contribution in [0.2, 0.25) is 0 Å². The second-order valence-corrected chi connectivity index (χ2v) is 5.56. The van der Waals surface area contributed by atoms with Gasteiger partial charge in [0.25, 0.3) is 0 Å². The van der Waals surface area contributed by atoms with Gasteiger partial charge in [-0.05, 0) is 24.0 Å². The van der Waals surface area contributed by atoms with Crippen LogP contribution < -0.4 is 10.6 Å². The number of nitrogens with zero attached hydrogens (tertiary/aromatic N) is 1. The molecule has 0 spiro atoms. The Kier molecular flexibility index (Phi) is 4.50. The standard InChI is InChI=1S/C12H21N3O2S/c16-10(7-12(9-18)1-2-12)14-8-11(17)15-5-3-13-4-6-15/h13,18H,1-9H2,(H,14,16). The average molecular weight is 271 g/mol. The molecule has 102 valence electrons. The molecule has 5 nitrogen and oxygen atoms in total. The number of amides is 2. The topological polar surface area (TPSA) is 61.4 Å². The van der Waals surface area contributed by atoms with Crippen LogP contribution in [0.4, 0.5) is 0 Å². The van der Waals surface area contributed by atoms with E-state index in [9.17, 15) is 9.59 Å². The molecule has 0 bridgehead atoms. The van der Waals surface area contributed by atoms with Gasteiger partial charge in [-0.25, -0.2) is 0 Å². The average Bonchev–Trinajstić information content (AvgIpc) is 3.17. The molecule has 0 aromatic carbocycles. The second kappa shape index (κ2) is 5.93. The summed E-state index contributed by atoms with van der Waals surface area (Å²) >= 11 is 4.27. The summed E-state index contributed by atoms with van der Waals surface area (Å²) in [6.45, 7) is 3.26. The molecule has 2 fully saturated rings. The number of rotatable bonds is 5. The Morgan fingerprint density at radius 2 is 1.94 bits per heavy atom. The highest BCUT2D eigenvalue weighted by atomic mass is 32.1. The zero-order valence-corrected chi connectivity index (χ0v) is 11.5. The summed E-state index contributed by atoms with van der Waals surface area (Å²) in [6, 6.07) is 0. The number of hydrogen-bond acceptors (Lipinski definition) is 4. The summed E-state index contributed by atoms with van der Waals surface area (Å²) in [5.41, 5.74) is 0.116. The van der Waals surface area contributed by atoms with Crippen LogP contribution in [0, 0.1) is 5.41 Å². The first-order valence-corrected chi connectivity index (χ1v) is 7.14. The highest BCUT2D eigenvalue weighted by molar-refractivity contribution is 7.80. The lowest BCUT2D eigenvalue weighted by atomic mass is 10.1. The van der Waals surface area contributed by atoms with Crippen LogP contribution in [0.15, 0.2) is 0 Å². The van der Waals surface area contributed by atoms with Crippen molar-refractivity contribution in [3.63, 3.8) is 0 Å². The summed E-state index contributed by atoms with van der Waals surface area (Å²) in [6.07, 6.45) is 2.66. The number of thiol groups is 1. The zero-order valence-electron chi connectivity index (χ0n) is 10.6.